The number of pyridine rings is 1. The molecule has 1 heterocycles. The lowest BCUT2D eigenvalue weighted by Crippen LogP contribution is -2.08. The minimum Gasteiger partial charge on any atom is -0.330 e. The van der Waals surface area contributed by atoms with Gasteiger partial charge in [-0.1, -0.05) is 67.9 Å². The predicted molar refractivity (Wildman–Crippen MR) is 108 cm³/mol. The van der Waals surface area contributed by atoms with Gasteiger partial charge in [0.1, 0.15) is 0 Å². The van der Waals surface area contributed by atoms with Crippen LogP contribution in [0.15, 0.2) is 73.1 Å². The van der Waals surface area contributed by atoms with Crippen molar-refractivity contribution in [3.05, 3.63) is 89.7 Å². The maximum Gasteiger partial charge on any atom is 0.0273 e. The first-order chi connectivity index (χ1) is 12.3. The normalized spacial score (nSPS) is 11.4. The standard InChI is InChI=1S/C21H22N2.C2H6/c1-16-2-4-19(5-3-16)21(10-13-22)20-8-6-17(7-9-20)18-11-14-23-15-12-18;1-2/h2-9,11-12,14-15,21H,10,13,22H2,1H3;1-2H3. The zero-order chi connectivity index (χ0) is 18.1. The van der Waals surface area contributed by atoms with Gasteiger partial charge in [0.25, 0.3) is 0 Å². The van der Waals surface area contributed by atoms with Crippen molar-refractivity contribution in [1.29, 1.82) is 0 Å². The monoisotopic (exact) mass is 332 g/mol. The number of benzene rings is 2. The second-order valence-electron chi connectivity index (χ2n) is 5.90. The fourth-order valence-electron chi connectivity index (χ4n) is 2.94. The van der Waals surface area contributed by atoms with Gasteiger partial charge in [0.2, 0.25) is 0 Å². The van der Waals surface area contributed by atoms with Crippen molar-refractivity contribution in [2.24, 2.45) is 5.73 Å². The van der Waals surface area contributed by atoms with Crippen LogP contribution in [-0.2, 0) is 0 Å². The van der Waals surface area contributed by atoms with Gasteiger partial charge in [0.15, 0.2) is 0 Å². The quantitative estimate of drug-likeness (QED) is 0.664. The molecule has 2 N–H and O–H groups in total. The molecular formula is C23H28N2. The number of hydrogen-bond acceptors (Lipinski definition) is 2. The lowest BCUT2D eigenvalue weighted by Gasteiger charge is -2.18. The third-order valence-electron chi connectivity index (χ3n) is 4.26. The highest BCUT2D eigenvalue weighted by Gasteiger charge is 2.13. The van der Waals surface area contributed by atoms with E-state index < -0.39 is 0 Å². The maximum atomic E-state index is 5.85. The van der Waals surface area contributed by atoms with Gasteiger partial charge < -0.3 is 5.73 Å². The molecule has 0 amide bonds. The number of rotatable bonds is 5. The molecule has 0 fully saturated rings. The zero-order valence-corrected chi connectivity index (χ0v) is 15.4. The van der Waals surface area contributed by atoms with E-state index in [1.54, 1.807) is 0 Å². The Kier molecular flexibility index (Phi) is 7.36. The molecule has 0 bridgehead atoms. The van der Waals surface area contributed by atoms with Crippen molar-refractivity contribution in [3.63, 3.8) is 0 Å². The van der Waals surface area contributed by atoms with Crippen molar-refractivity contribution in [2.75, 3.05) is 6.54 Å². The van der Waals surface area contributed by atoms with Gasteiger partial charge >= 0.3 is 0 Å². The summed E-state index contributed by atoms with van der Waals surface area (Å²) in [5, 5.41) is 0. The van der Waals surface area contributed by atoms with Crippen LogP contribution in [0.3, 0.4) is 0 Å². The summed E-state index contributed by atoms with van der Waals surface area (Å²) in [5.74, 6) is 0.354. The summed E-state index contributed by atoms with van der Waals surface area (Å²) in [6, 6.07) is 21.6. The minimum absolute atomic E-state index is 0.354. The molecule has 0 radical (unpaired) electrons. The molecule has 0 aliphatic heterocycles. The average molecular weight is 332 g/mol. The Bertz CT molecular complexity index is 731. The van der Waals surface area contributed by atoms with Gasteiger partial charge in [-0.15, -0.1) is 0 Å². The molecule has 0 aliphatic carbocycles. The van der Waals surface area contributed by atoms with E-state index in [4.69, 9.17) is 5.73 Å². The van der Waals surface area contributed by atoms with Crippen LogP contribution in [-0.4, -0.2) is 11.5 Å². The third-order valence-corrected chi connectivity index (χ3v) is 4.26. The van der Waals surface area contributed by atoms with Gasteiger partial charge in [-0.2, -0.15) is 0 Å². The molecule has 3 rings (SSSR count). The van der Waals surface area contributed by atoms with Crippen molar-refractivity contribution >= 4 is 0 Å². The molecular weight excluding hydrogens is 304 g/mol. The van der Waals surface area contributed by atoms with Gasteiger partial charge in [-0.05, 0) is 54.3 Å². The lowest BCUT2D eigenvalue weighted by atomic mass is 9.87. The zero-order valence-electron chi connectivity index (χ0n) is 15.4. The topological polar surface area (TPSA) is 38.9 Å². The summed E-state index contributed by atoms with van der Waals surface area (Å²) in [4.78, 5) is 4.07. The van der Waals surface area contributed by atoms with Crippen LogP contribution < -0.4 is 5.73 Å². The van der Waals surface area contributed by atoms with Crippen LogP contribution in [0.1, 0.15) is 42.9 Å². The summed E-state index contributed by atoms with van der Waals surface area (Å²) < 4.78 is 0. The number of hydrogen-bond donors (Lipinski definition) is 1. The number of aryl methyl sites for hydroxylation is 1. The molecule has 1 aromatic heterocycles. The SMILES string of the molecule is CC.Cc1ccc(C(CCN)c2ccc(-c3ccncc3)cc2)cc1. The van der Waals surface area contributed by atoms with E-state index in [1.165, 1.54) is 27.8 Å². The molecule has 0 saturated heterocycles. The fraction of sp³-hybridized carbons (Fsp3) is 0.261. The van der Waals surface area contributed by atoms with Gasteiger partial charge in [0, 0.05) is 18.3 Å². The minimum atomic E-state index is 0.354. The molecule has 0 aliphatic rings. The molecule has 0 saturated carbocycles. The van der Waals surface area contributed by atoms with E-state index in [9.17, 15) is 0 Å². The Hall–Kier alpha value is -2.45. The Morgan fingerprint density at radius 1 is 0.760 bits per heavy atom. The molecule has 25 heavy (non-hydrogen) atoms. The molecule has 2 aromatic carbocycles. The summed E-state index contributed by atoms with van der Waals surface area (Å²) in [7, 11) is 0. The van der Waals surface area contributed by atoms with Crippen molar-refractivity contribution in [1.82, 2.24) is 4.98 Å². The maximum absolute atomic E-state index is 5.85. The highest BCUT2D eigenvalue weighted by Crippen LogP contribution is 2.29. The van der Waals surface area contributed by atoms with E-state index in [0.717, 1.165) is 6.42 Å². The summed E-state index contributed by atoms with van der Waals surface area (Å²) in [6.07, 6.45) is 4.61. The van der Waals surface area contributed by atoms with Crippen molar-refractivity contribution in [2.45, 2.75) is 33.1 Å². The Labute approximate surface area is 151 Å². The largest absolute Gasteiger partial charge is 0.330 e. The van der Waals surface area contributed by atoms with Crippen LogP contribution in [0, 0.1) is 6.92 Å². The molecule has 0 spiro atoms. The summed E-state index contributed by atoms with van der Waals surface area (Å²) in [6.45, 7) is 6.80. The van der Waals surface area contributed by atoms with E-state index in [0.29, 0.717) is 12.5 Å². The Morgan fingerprint density at radius 2 is 1.24 bits per heavy atom. The van der Waals surface area contributed by atoms with E-state index >= 15 is 0 Å². The molecule has 1 unspecified atom stereocenters. The molecule has 130 valence electrons. The molecule has 3 aromatic rings. The number of aromatic nitrogens is 1. The number of nitrogens with zero attached hydrogens (tertiary/aromatic N) is 1. The fourth-order valence-corrected chi connectivity index (χ4v) is 2.94. The van der Waals surface area contributed by atoms with Gasteiger partial charge in [-0.25, -0.2) is 0 Å². The lowest BCUT2D eigenvalue weighted by molar-refractivity contribution is 0.726. The van der Waals surface area contributed by atoms with Crippen LogP contribution in [0.2, 0.25) is 0 Å². The van der Waals surface area contributed by atoms with E-state index in [-0.39, 0.29) is 0 Å². The highest BCUT2D eigenvalue weighted by molar-refractivity contribution is 5.63. The van der Waals surface area contributed by atoms with Crippen LogP contribution in [0.5, 0.6) is 0 Å². The Morgan fingerprint density at radius 3 is 1.76 bits per heavy atom. The van der Waals surface area contributed by atoms with Crippen molar-refractivity contribution < 1.29 is 0 Å². The van der Waals surface area contributed by atoms with E-state index in [1.807, 2.05) is 38.4 Å². The molecule has 2 heteroatoms. The van der Waals surface area contributed by atoms with Crippen LogP contribution >= 0.6 is 0 Å². The number of nitrogens with two attached hydrogens (primary N) is 1. The van der Waals surface area contributed by atoms with E-state index in [2.05, 4.69) is 60.4 Å². The smallest absolute Gasteiger partial charge is 0.0273 e. The second kappa shape index (κ2) is 9.75. The first-order valence-corrected chi connectivity index (χ1v) is 9.05. The van der Waals surface area contributed by atoms with Gasteiger partial charge in [0.05, 0.1) is 0 Å². The first kappa shape index (κ1) is 18.9. The van der Waals surface area contributed by atoms with Crippen molar-refractivity contribution in [3.8, 4) is 11.1 Å². The predicted octanol–water partition coefficient (Wildman–Crippen LogP) is 5.56. The average Bonchev–Trinajstić information content (AvgIpc) is 2.69. The summed E-state index contributed by atoms with van der Waals surface area (Å²) >= 11 is 0. The van der Waals surface area contributed by atoms with Crippen LogP contribution in [0.4, 0.5) is 0 Å². The first-order valence-electron chi connectivity index (χ1n) is 9.05. The molecule has 2 nitrogen and oxygen atoms in total. The summed E-state index contributed by atoms with van der Waals surface area (Å²) in [5.41, 5.74) is 12.2. The third kappa shape index (κ3) is 5.01. The van der Waals surface area contributed by atoms with Gasteiger partial charge in [-0.3, -0.25) is 4.98 Å². The molecule has 1 atom stereocenters. The van der Waals surface area contributed by atoms with Crippen LogP contribution in [0.25, 0.3) is 11.1 Å². The second-order valence-corrected chi connectivity index (χ2v) is 5.90. The Balaban J connectivity index is 0.00000109. The highest BCUT2D eigenvalue weighted by atomic mass is 14.6.